The summed E-state index contributed by atoms with van der Waals surface area (Å²) in [6.07, 6.45) is -1.40. The predicted octanol–water partition coefficient (Wildman–Crippen LogP) is 5.48. The normalized spacial score (nSPS) is 11.4. The molecule has 0 fully saturated rings. The lowest BCUT2D eigenvalue weighted by molar-refractivity contribution is 0.140. The third-order valence-electron chi connectivity index (χ3n) is 2.82. The lowest BCUT2D eigenvalue weighted by atomic mass is 10.0. The standard InChI is InChI=1S/C13H6ClF3N2OS2/c14-9-4-18-13(22-9)11-8(21)2-1-5(15)10(11)7-3-6(12(16)17)19-20-7/h1-4,12,21H. The van der Waals surface area contributed by atoms with Gasteiger partial charge in [0.15, 0.2) is 5.76 Å². The smallest absolute Gasteiger partial charge is 0.283 e. The van der Waals surface area contributed by atoms with Gasteiger partial charge in [0.1, 0.15) is 20.9 Å². The molecule has 22 heavy (non-hydrogen) atoms. The largest absolute Gasteiger partial charge is 0.356 e. The highest BCUT2D eigenvalue weighted by Crippen LogP contribution is 2.41. The molecule has 2 heterocycles. The summed E-state index contributed by atoms with van der Waals surface area (Å²) in [7, 11) is 0. The van der Waals surface area contributed by atoms with Crippen molar-refractivity contribution in [2.75, 3.05) is 0 Å². The fraction of sp³-hybridized carbons (Fsp3) is 0.0769. The first-order valence-electron chi connectivity index (χ1n) is 5.85. The lowest BCUT2D eigenvalue weighted by Gasteiger charge is -2.08. The van der Waals surface area contributed by atoms with Crippen LogP contribution in [0.15, 0.2) is 33.8 Å². The van der Waals surface area contributed by atoms with Crippen LogP contribution in [0.5, 0.6) is 0 Å². The van der Waals surface area contributed by atoms with E-state index >= 15 is 0 Å². The molecule has 0 N–H and O–H groups in total. The second kappa shape index (κ2) is 5.94. The van der Waals surface area contributed by atoms with E-state index in [1.54, 1.807) is 0 Å². The van der Waals surface area contributed by atoms with Gasteiger partial charge in [0.25, 0.3) is 6.43 Å². The fourth-order valence-corrected chi connectivity index (χ4v) is 3.25. The first-order chi connectivity index (χ1) is 10.5. The number of aromatic nitrogens is 2. The van der Waals surface area contributed by atoms with Gasteiger partial charge < -0.3 is 4.52 Å². The third kappa shape index (κ3) is 2.73. The summed E-state index contributed by atoms with van der Waals surface area (Å²) in [4.78, 5) is 4.49. The summed E-state index contributed by atoms with van der Waals surface area (Å²) >= 11 is 11.2. The van der Waals surface area contributed by atoms with Gasteiger partial charge in [-0.2, -0.15) is 0 Å². The number of thiazole rings is 1. The van der Waals surface area contributed by atoms with E-state index in [0.29, 0.717) is 19.8 Å². The SMILES string of the molecule is Fc1ccc(S)c(-c2ncc(Cl)s2)c1-c1cc(C(F)F)no1. The molecule has 0 amide bonds. The molecule has 9 heteroatoms. The van der Waals surface area contributed by atoms with Crippen molar-refractivity contribution < 1.29 is 17.7 Å². The third-order valence-corrected chi connectivity index (χ3v) is 4.33. The zero-order chi connectivity index (χ0) is 15.9. The summed E-state index contributed by atoms with van der Waals surface area (Å²) in [6.45, 7) is 0. The van der Waals surface area contributed by atoms with Crippen LogP contribution in [0.4, 0.5) is 13.2 Å². The molecule has 2 aromatic heterocycles. The Morgan fingerprint density at radius 2 is 2.05 bits per heavy atom. The van der Waals surface area contributed by atoms with Gasteiger partial charge in [-0.25, -0.2) is 18.2 Å². The molecule has 3 aromatic rings. The zero-order valence-electron chi connectivity index (χ0n) is 10.6. The first kappa shape index (κ1) is 15.4. The molecule has 0 unspecified atom stereocenters. The van der Waals surface area contributed by atoms with Crippen LogP contribution >= 0.6 is 35.6 Å². The van der Waals surface area contributed by atoms with E-state index in [1.807, 2.05) is 0 Å². The van der Waals surface area contributed by atoms with Crippen molar-refractivity contribution in [3.05, 3.63) is 40.2 Å². The van der Waals surface area contributed by atoms with Crippen LogP contribution in [-0.2, 0) is 0 Å². The Hall–Kier alpha value is -1.51. The quantitative estimate of drug-likeness (QED) is 0.627. The molecule has 0 aliphatic rings. The van der Waals surface area contributed by atoms with Crippen LogP contribution in [0.3, 0.4) is 0 Å². The summed E-state index contributed by atoms with van der Waals surface area (Å²) in [5.74, 6) is -0.777. The minimum atomic E-state index is -2.81. The number of hydrogen-bond donors (Lipinski definition) is 1. The minimum absolute atomic E-state index is 0.0297. The fourth-order valence-electron chi connectivity index (χ4n) is 1.90. The molecule has 0 aliphatic heterocycles. The number of rotatable bonds is 3. The Balaban J connectivity index is 2.23. The van der Waals surface area contributed by atoms with Gasteiger partial charge in [0, 0.05) is 16.5 Å². The van der Waals surface area contributed by atoms with Crippen LogP contribution in [0, 0.1) is 5.82 Å². The van der Waals surface area contributed by atoms with E-state index in [1.165, 1.54) is 18.3 Å². The van der Waals surface area contributed by atoms with Gasteiger partial charge in [0.2, 0.25) is 0 Å². The van der Waals surface area contributed by atoms with E-state index < -0.39 is 17.9 Å². The Labute approximate surface area is 137 Å². The maximum Gasteiger partial charge on any atom is 0.283 e. The van der Waals surface area contributed by atoms with E-state index in [-0.39, 0.29) is 11.3 Å². The Bertz CT molecular complexity index is 835. The topological polar surface area (TPSA) is 38.9 Å². The first-order valence-corrected chi connectivity index (χ1v) is 7.50. The Morgan fingerprint density at radius 3 is 2.64 bits per heavy atom. The molecule has 0 radical (unpaired) electrons. The van der Waals surface area contributed by atoms with Crippen molar-refractivity contribution in [1.82, 2.24) is 10.1 Å². The highest BCUT2D eigenvalue weighted by atomic mass is 35.5. The van der Waals surface area contributed by atoms with Crippen LogP contribution in [0.2, 0.25) is 4.34 Å². The average Bonchev–Trinajstić information content (AvgIpc) is 3.10. The molecular weight excluding hydrogens is 357 g/mol. The predicted molar refractivity (Wildman–Crippen MR) is 80.2 cm³/mol. The van der Waals surface area contributed by atoms with E-state index in [2.05, 4.69) is 22.8 Å². The minimum Gasteiger partial charge on any atom is -0.356 e. The number of hydrogen-bond acceptors (Lipinski definition) is 5. The van der Waals surface area contributed by atoms with Crippen LogP contribution in [0.25, 0.3) is 21.9 Å². The molecular formula is C13H6ClF3N2OS2. The van der Waals surface area contributed by atoms with Gasteiger partial charge in [-0.05, 0) is 12.1 Å². The molecule has 0 saturated heterocycles. The van der Waals surface area contributed by atoms with E-state index in [4.69, 9.17) is 16.1 Å². The molecule has 0 atom stereocenters. The monoisotopic (exact) mass is 362 g/mol. The van der Waals surface area contributed by atoms with Crippen LogP contribution in [-0.4, -0.2) is 10.1 Å². The molecule has 1 aromatic carbocycles. The molecule has 0 spiro atoms. The van der Waals surface area contributed by atoms with Crippen molar-refractivity contribution in [2.24, 2.45) is 0 Å². The Kier molecular flexibility index (Phi) is 4.16. The Morgan fingerprint density at radius 1 is 1.27 bits per heavy atom. The van der Waals surface area contributed by atoms with Gasteiger partial charge in [-0.15, -0.1) is 24.0 Å². The number of thiol groups is 1. The van der Waals surface area contributed by atoms with Gasteiger partial charge in [-0.3, -0.25) is 0 Å². The van der Waals surface area contributed by atoms with Gasteiger partial charge >= 0.3 is 0 Å². The molecule has 0 bridgehead atoms. The summed E-state index contributed by atoms with van der Waals surface area (Å²) in [5.41, 5.74) is -0.280. The number of alkyl halides is 2. The summed E-state index contributed by atoms with van der Waals surface area (Å²) in [5, 5.41) is 3.65. The molecule has 0 aliphatic carbocycles. The van der Waals surface area contributed by atoms with Crippen molar-refractivity contribution >= 4 is 35.6 Å². The van der Waals surface area contributed by atoms with Crippen molar-refractivity contribution in [3.63, 3.8) is 0 Å². The summed E-state index contributed by atoms with van der Waals surface area (Å²) < 4.78 is 44.8. The zero-order valence-corrected chi connectivity index (χ0v) is 13.0. The van der Waals surface area contributed by atoms with E-state index in [9.17, 15) is 13.2 Å². The average molecular weight is 363 g/mol. The molecule has 114 valence electrons. The van der Waals surface area contributed by atoms with Gasteiger partial charge in [0.05, 0.1) is 11.8 Å². The van der Waals surface area contributed by atoms with Crippen LogP contribution in [0.1, 0.15) is 12.1 Å². The highest BCUT2D eigenvalue weighted by molar-refractivity contribution is 7.80. The number of nitrogens with zero attached hydrogens (tertiary/aromatic N) is 2. The summed E-state index contributed by atoms with van der Waals surface area (Å²) in [6, 6.07) is 3.60. The van der Waals surface area contributed by atoms with Crippen molar-refractivity contribution in [3.8, 4) is 21.9 Å². The lowest BCUT2D eigenvalue weighted by Crippen LogP contribution is -1.90. The second-order valence-corrected chi connectivity index (χ2v) is 6.35. The molecule has 3 rings (SSSR count). The second-order valence-electron chi connectivity index (χ2n) is 4.20. The number of benzene rings is 1. The number of halogens is 4. The maximum atomic E-state index is 14.3. The molecule has 3 nitrogen and oxygen atoms in total. The van der Waals surface area contributed by atoms with Crippen molar-refractivity contribution in [1.29, 1.82) is 0 Å². The van der Waals surface area contributed by atoms with Crippen molar-refractivity contribution in [2.45, 2.75) is 11.3 Å². The highest BCUT2D eigenvalue weighted by Gasteiger charge is 2.23. The molecule has 0 saturated carbocycles. The van der Waals surface area contributed by atoms with E-state index in [0.717, 1.165) is 17.4 Å². The van der Waals surface area contributed by atoms with Gasteiger partial charge in [-0.1, -0.05) is 16.8 Å². The maximum absolute atomic E-state index is 14.3. The van der Waals surface area contributed by atoms with Crippen LogP contribution < -0.4 is 0 Å².